The maximum Gasteiger partial charge on any atom is 0.243 e. The van der Waals surface area contributed by atoms with E-state index < -0.39 is 0 Å². The first kappa shape index (κ1) is 13.7. The Hall–Kier alpha value is -1.24. The lowest BCUT2D eigenvalue weighted by molar-refractivity contribution is -0.118. The van der Waals surface area contributed by atoms with Crippen molar-refractivity contribution in [3.63, 3.8) is 0 Å². The molecule has 2 aromatic rings. The largest absolute Gasteiger partial charge is 0.306 e. The molecule has 2 N–H and O–H groups in total. The Labute approximate surface area is 126 Å². The molecule has 4 nitrogen and oxygen atoms in total. The fourth-order valence-electron chi connectivity index (χ4n) is 2.28. The van der Waals surface area contributed by atoms with Crippen LogP contribution in [0.5, 0.6) is 0 Å². The molecule has 2 aromatic heterocycles. The summed E-state index contributed by atoms with van der Waals surface area (Å²) in [5, 5.41) is 8.85. The van der Waals surface area contributed by atoms with Crippen LogP contribution < -0.4 is 10.6 Å². The molecule has 3 heterocycles. The molecule has 1 unspecified atom stereocenters. The van der Waals surface area contributed by atoms with Gasteiger partial charge in [-0.15, -0.1) is 22.7 Å². The van der Waals surface area contributed by atoms with Gasteiger partial charge >= 0.3 is 0 Å². The minimum Gasteiger partial charge on any atom is -0.306 e. The maximum atomic E-state index is 12.1. The summed E-state index contributed by atoms with van der Waals surface area (Å²) in [5.41, 5.74) is 0.944. The quantitative estimate of drug-likeness (QED) is 0.915. The van der Waals surface area contributed by atoms with Crippen LogP contribution in [0.1, 0.15) is 24.1 Å². The van der Waals surface area contributed by atoms with Crippen LogP contribution in [0.2, 0.25) is 0 Å². The summed E-state index contributed by atoms with van der Waals surface area (Å²) in [4.78, 5) is 19.0. The molecule has 0 spiro atoms. The summed E-state index contributed by atoms with van der Waals surface area (Å²) in [7, 11) is 0. The van der Waals surface area contributed by atoms with Gasteiger partial charge in [-0.2, -0.15) is 0 Å². The average Bonchev–Trinajstić information content (AvgIpc) is 3.09. The number of carbonyl (C=O) groups excluding carboxylic acids is 1. The highest BCUT2D eigenvalue weighted by Gasteiger charge is 2.21. The Morgan fingerprint density at radius 1 is 1.45 bits per heavy atom. The van der Waals surface area contributed by atoms with Gasteiger partial charge in [-0.3, -0.25) is 4.79 Å². The van der Waals surface area contributed by atoms with Gasteiger partial charge < -0.3 is 10.6 Å². The molecule has 1 aliphatic rings. The number of thiazole rings is 1. The van der Waals surface area contributed by atoms with Crippen LogP contribution in [0.3, 0.4) is 0 Å². The molecule has 0 bridgehead atoms. The van der Waals surface area contributed by atoms with Gasteiger partial charge in [-0.05, 0) is 38.4 Å². The Kier molecular flexibility index (Phi) is 4.14. The molecule has 3 rings (SSSR count). The summed E-state index contributed by atoms with van der Waals surface area (Å²) in [6.07, 6.45) is 3.18. The zero-order valence-corrected chi connectivity index (χ0v) is 12.9. The van der Waals surface area contributed by atoms with Crippen LogP contribution in [0.4, 0.5) is 5.13 Å². The van der Waals surface area contributed by atoms with E-state index in [1.165, 1.54) is 16.2 Å². The van der Waals surface area contributed by atoms with E-state index >= 15 is 0 Å². The van der Waals surface area contributed by atoms with Crippen LogP contribution in [0.25, 0.3) is 10.6 Å². The molecule has 1 fully saturated rings. The van der Waals surface area contributed by atoms with E-state index in [2.05, 4.69) is 34.7 Å². The minimum absolute atomic E-state index is 0.0351. The van der Waals surface area contributed by atoms with Crippen molar-refractivity contribution in [1.82, 2.24) is 10.3 Å². The summed E-state index contributed by atoms with van der Waals surface area (Å²) in [5.74, 6) is 0.0351. The number of rotatable bonds is 3. The summed E-state index contributed by atoms with van der Waals surface area (Å²) in [6.45, 7) is 3.01. The van der Waals surface area contributed by atoms with Gasteiger partial charge in [0.15, 0.2) is 5.13 Å². The third kappa shape index (κ3) is 3.08. The lowest BCUT2D eigenvalue weighted by Gasteiger charge is -2.21. The molecule has 6 heteroatoms. The number of aromatic nitrogens is 1. The minimum atomic E-state index is -0.0694. The van der Waals surface area contributed by atoms with Crippen molar-refractivity contribution in [2.45, 2.75) is 32.2 Å². The van der Waals surface area contributed by atoms with E-state index in [1.54, 1.807) is 11.3 Å². The van der Waals surface area contributed by atoms with Gasteiger partial charge in [0.2, 0.25) is 5.91 Å². The number of piperidine rings is 1. The second-order valence-corrected chi connectivity index (χ2v) is 7.09. The molecule has 0 aliphatic carbocycles. The lowest BCUT2D eigenvalue weighted by atomic mass is 10.0. The van der Waals surface area contributed by atoms with Crippen LogP contribution >= 0.6 is 22.7 Å². The van der Waals surface area contributed by atoms with Crippen LogP contribution in [-0.4, -0.2) is 23.5 Å². The molecule has 0 aromatic carbocycles. The highest BCUT2D eigenvalue weighted by Crippen LogP contribution is 2.30. The van der Waals surface area contributed by atoms with Crippen molar-refractivity contribution in [3.05, 3.63) is 22.4 Å². The normalized spacial score (nSPS) is 18.9. The summed E-state index contributed by atoms with van der Waals surface area (Å²) < 4.78 is 0. The second kappa shape index (κ2) is 6.03. The van der Waals surface area contributed by atoms with Gasteiger partial charge in [0.25, 0.3) is 0 Å². The zero-order chi connectivity index (χ0) is 13.9. The fourth-order valence-corrected chi connectivity index (χ4v) is 3.90. The predicted octanol–water partition coefficient (Wildman–Crippen LogP) is 3.26. The van der Waals surface area contributed by atoms with E-state index in [0.29, 0.717) is 5.13 Å². The van der Waals surface area contributed by atoms with Gasteiger partial charge in [-0.25, -0.2) is 4.98 Å². The van der Waals surface area contributed by atoms with Crippen molar-refractivity contribution in [1.29, 1.82) is 0 Å². The Balaban J connectivity index is 1.66. The third-order valence-electron chi connectivity index (χ3n) is 3.35. The van der Waals surface area contributed by atoms with E-state index in [9.17, 15) is 4.79 Å². The van der Waals surface area contributed by atoms with Gasteiger partial charge in [-0.1, -0.05) is 6.42 Å². The fraction of sp³-hybridized carbons (Fsp3) is 0.429. The highest BCUT2D eigenvalue weighted by atomic mass is 32.1. The molecule has 1 aliphatic heterocycles. The molecule has 0 radical (unpaired) electrons. The number of nitrogens with zero attached hydrogens (tertiary/aromatic N) is 1. The molecule has 20 heavy (non-hydrogen) atoms. The van der Waals surface area contributed by atoms with Crippen molar-refractivity contribution in [2.75, 3.05) is 11.9 Å². The topological polar surface area (TPSA) is 54.0 Å². The van der Waals surface area contributed by atoms with Crippen LogP contribution in [-0.2, 0) is 4.79 Å². The standard InChI is InChI=1S/C14H17N3OS2/c1-9-5-6-12(20-9)11-8-19-14(16-11)17-13(18)10-4-2-3-7-15-10/h5-6,8,10,15H,2-4,7H2,1H3,(H,16,17,18). The lowest BCUT2D eigenvalue weighted by Crippen LogP contribution is -2.43. The third-order valence-corrected chi connectivity index (χ3v) is 5.13. The molecule has 1 amide bonds. The molecule has 106 valence electrons. The molecule has 1 atom stereocenters. The van der Waals surface area contributed by atoms with E-state index in [0.717, 1.165) is 36.4 Å². The van der Waals surface area contributed by atoms with E-state index in [-0.39, 0.29) is 11.9 Å². The Bertz CT molecular complexity index is 599. The first-order valence-corrected chi connectivity index (χ1v) is 8.48. The summed E-state index contributed by atoms with van der Waals surface area (Å²) in [6, 6.07) is 4.09. The number of anilines is 1. The molecule has 0 saturated carbocycles. The highest BCUT2D eigenvalue weighted by molar-refractivity contribution is 7.17. The summed E-state index contributed by atoms with van der Waals surface area (Å²) >= 11 is 3.20. The SMILES string of the molecule is Cc1ccc(-c2csc(NC(=O)C3CCCCN3)n2)s1. The second-order valence-electron chi connectivity index (χ2n) is 4.94. The van der Waals surface area contributed by atoms with Crippen LogP contribution in [0.15, 0.2) is 17.5 Å². The average molecular weight is 307 g/mol. The first-order valence-electron chi connectivity index (χ1n) is 6.79. The van der Waals surface area contributed by atoms with Crippen molar-refractivity contribution >= 4 is 33.7 Å². The monoisotopic (exact) mass is 307 g/mol. The number of hydrogen-bond donors (Lipinski definition) is 2. The van der Waals surface area contributed by atoms with Crippen molar-refractivity contribution in [2.24, 2.45) is 0 Å². The van der Waals surface area contributed by atoms with E-state index in [1.807, 2.05) is 5.38 Å². The number of nitrogens with one attached hydrogen (secondary N) is 2. The van der Waals surface area contributed by atoms with Crippen molar-refractivity contribution < 1.29 is 4.79 Å². The first-order chi connectivity index (χ1) is 9.72. The van der Waals surface area contributed by atoms with Crippen LogP contribution in [0, 0.1) is 6.92 Å². The van der Waals surface area contributed by atoms with Gasteiger partial charge in [0, 0.05) is 10.3 Å². The smallest absolute Gasteiger partial charge is 0.243 e. The molecule has 1 saturated heterocycles. The predicted molar refractivity (Wildman–Crippen MR) is 84.4 cm³/mol. The number of amides is 1. The Morgan fingerprint density at radius 3 is 3.05 bits per heavy atom. The number of carbonyl (C=O) groups is 1. The number of hydrogen-bond acceptors (Lipinski definition) is 5. The molecular formula is C14H17N3OS2. The number of thiophene rings is 1. The maximum absolute atomic E-state index is 12.1. The van der Waals surface area contributed by atoms with Gasteiger partial charge in [0.05, 0.1) is 16.6 Å². The molecular weight excluding hydrogens is 290 g/mol. The Morgan fingerprint density at radius 2 is 2.35 bits per heavy atom. The zero-order valence-electron chi connectivity index (χ0n) is 11.3. The van der Waals surface area contributed by atoms with Gasteiger partial charge in [0.1, 0.15) is 0 Å². The number of aryl methyl sites for hydroxylation is 1. The van der Waals surface area contributed by atoms with Crippen molar-refractivity contribution in [3.8, 4) is 10.6 Å². The van der Waals surface area contributed by atoms with E-state index in [4.69, 9.17) is 0 Å².